The fourth-order valence-corrected chi connectivity index (χ4v) is 4.94. The Kier molecular flexibility index (Phi) is 6.74. The minimum Gasteiger partial charge on any atom is -0.369 e. The summed E-state index contributed by atoms with van der Waals surface area (Å²) in [6, 6.07) is 5.16. The third kappa shape index (κ3) is 5.35. The monoisotopic (exact) mass is 510 g/mol. The van der Waals surface area contributed by atoms with E-state index in [1.165, 1.54) is 19.1 Å². The number of carbonyl (C=O) groups is 1. The van der Waals surface area contributed by atoms with Gasteiger partial charge in [0.1, 0.15) is 0 Å². The molecule has 1 fully saturated rings. The number of hydrogen-bond donors (Lipinski definition) is 2. The predicted octanol–water partition coefficient (Wildman–Crippen LogP) is 4.07. The van der Waals surface area contributed by atoms with E-state index in [0.29, 0.717) is 23.4 Å². The molecule has 1 heterocycles. The summed E-state index contributed by atoms with van der Waals surface area (Å²) in [5.74, 6) is -0.520. The van der Waals surface area contributed by atoms with Crippen LogP contribution in [0.15, 0.2) is 41.4 Å². The van der Waals surface area contributed by atoms with Gasteiger partial charge in [0.2, 0.25) is 5.91 Å². The van der Waals surface area contributed by atoms with Crippen LogP contribution in [0.5, 0.6) is 0 Å². The molecule has 6 nitrogen and oxygen atoms in total. The van der Waals surface area contributed by atoms with Crippen LogP contribution in [0.25, 0.3) is 0 Å². The van der Waals surface area contributed by atoms with Gasteiger partial charge in [0, 0.05) is 16.9 Å². The molecule has 1 aromatic carbocycles. The van der Waals surface area contributed by atoms with Gasteiger partial charge in [-0.2, -0.15) is 26.3 Å². The normalized spacial score (nSPS) is 15.3. The van der Waals surface area contributed by atoms with Crippen LogP contribution in [-0.4, -0.2) is 42.5 Å². The average Bonchev–Trinajstić information content (AvgIpc) is 3.51. The second-order valence-corrected chi connectivity index (χ2v) is 10.1. The molecule has 13 heteroatoms. The van der Waals surface area contributed by atoms with Crippen LogP contribution in [-0.2, 0) is 26.7 Å². The molecule has 1 aliphatic rings. The maximum Gasteiger partial charge on any atom is 0.430 e. The zero-order valence-corrected chi connectivity index (χ0v) is 18.5. The number of nitrogens with zero attached hydrogens (tertiary/aromatic N) is 1. The van der Waals surface area contributed by atoms with Gasteiger partial charge in [0.25, 0.3) is 5.60 Å². The first-order valence-corrected chi connectivity index (χ1v) is 11.7. The molecule has 2 aromatic rings. The first kappa shape index (κ1) is 25.9. The van der Waals surface area contributed by atoms with Crippen molar-refractivity contribution in [3.8, 4) is 0 Å². The standard InChI is InChI=1S/C21H20F6N2O4S/c1-12-14(4-9-18(28-12)34(32,33)11-13-2-3-13)10-17(30)29-16-7-5-15(6-8-16)19(31,20(22,23)24)21(25,26)27/h4-9,13,31H,2-3,10-11H2,1H3,(H,29,30). The first-order chi connectivity index (χ1) is 15.5. The molecule has 0 aliphatic heterocycles. The van der Waals surface area contributed by atoms with E-state index < -0.39 is 39.3 Å². The number of amides is 1. The van der Waals surface area contributed by atoms with Crippen molar-refractivity contribution in [2.75, 3.05) is 11.1 Å². The number of aryl methyl sites for hydroxylation is 1. The molecule has 0 unspecified atom stereocenters. The minimum atomic E-state index is -6.02. The van der Waals surface area contributed by atoms with Crippen molar-refractivity contribution in [3.63, 3.8) is 0 Å². The number of aromatic nitrogens is 1. The molecular formula is C21H20F6N2O4S. The van der Waals surface area contributed by atoms with Gasteiger partial charge in [-0.25, -0.2) is 13.4 Å². The second kappa shape index (κ2) is 8.84. The number of rotatable bonds is 7. The van der Waals surface area contributed by atoms with Crippen LogP contribution in [0.4, 0.5) is 32.0 Å². The van der Waals surface area contributed by atoms with Gasteiger partial charge in [-0.15, -0.1) is 0 Å². The summed E-state index contributed by atoms with van der Waals surface area (Å²) in [5, 5.41) is 11.6. The molecular weight excluding hydrogens is 490 g/mol. The van der Waals surface area contributed by atoms with Gasteiger partial charge in [0.05, 0.1) is 12.2 Å². The van der Waals surface area contributed by atoms with E-state index in [4.69, 9.17) is 0 Å². The van der Waals surface area contributed by atoms with Crippen molar-refractivity contribution in [3.05, 3.63) is 53.2 Å². The molecule has 0 bridgehead atoms. The Bertz CT molecular complexity index is 1160. The van der Waals surface area contributed by atoms with E-state index >= 15 is 0 Å². The summed E-state index contributed by atoms with van der Waals surface area (Å²) < 4.78 is 102. The van der Waals surface area contributed by atoms with Gasteiger partial charge in [-0.3, -0.25) is 4.79 Å². The number of sulfone groups is 1. The fourth-order valence-electron chi connectivity index (χ4n) is 3.27. The Balaban J connectivity index is 1.71. The number of alkyl halides is 6. The van der Waals surface area contributed by atoms with E-state index in [0.717, 1.165) is 25.0 Å². The molecule has 0 saturated heterocycles. The van der Waals surface area contributed by atoms with Crippen molar-refractivity contribution < 1.29 is 44.7 Å². The van der Waals surface area contributed by atoms with Crippen molar-refractivity contribution in [1.29, 1.82) is 0 Å². The van der Waals surface area contributed by atoms with Gasteiger partial charge >= 0.3 is 12.4 Å². The van der Waals surface area contributed by atoms with Crippen molar-refractivity contribution in [2.24, 2.45) is 5.92 Å². The van der Waals surface area contributed by atoms with Crippen LogP contribution in [0, 0.1) is 12.8 Å². The van der Waals surface area contributed by atoms with Crippen LogP contribution in [0.2, 0.25) is 0 Å². The summed E-state index contributed by atoms with van der Waals surface area (Å²) >= 11 is 0. The summed E-state index contributed by atoms with van der Waals surface area (Å²) in [6.45, 7) is 1.52. The van der Waals surface area contributed by atoms with E-state index in [1.54, 1.807) is 0 Å². The molecule has 1 saturated carbocycles. The number of halogens is 6. The molecule has 3 rings (SSSR count). The van der Waals surface area contributed by atoms with Crippen molar-refractivity contribution >= 4 is 21.4 Å². The minimum absolute atomic E-state index is 0.00702. The topological polar surface area (TPSA) is 96.4 Å². The molecule has 34 heavy (non-hydrogen) atoms. The lowest BCUT2D eigenvalue weighted by molar-refractivity contribution is -0.376. The van der Waals surface area contributed by atoms with Crippen LogP contribution >= 0.6 is 0 Å². The van der Waals surface area contributed by atoms with Gasteiger partial charge in [0.15, 0.2) is 14.9 Å². The maximum atomic E-state index is 13.0. The lowest BCUT2D eigenvalue weighted by Crippen LogP contribution is -2.53. The lowest BCUT2D eigenvalue weighted by Gasteiger charge is -2.32. The SMILES string of the molecule is Cc1nc(S(=O)(=O)CC2CC2)ccc1CC(=O)Nc1ccc(C(O)(C(F)(F)F)C(F)(F)F)cc1. The molecule has 2 N–H and O–H groups in total. The van der Waals surface area contributed by atoms with Crippen molar-refractivity contribution in [1.82, 2.24) is 4.98 Å². The van der Waals surface area contributed by atoms with E-state index in [2.05, 4.69) is 10.3 Å². The highest BCUT2D eigenvalue weighted by Crippen LogP contribution is 2.50. The van der Waals surface area contributed by atoms with E-state index in [-0.39, 0.29) is 28.8 Å². The summed E-state index contributed by atoms with van der Waals surface area (Å²) in [4.78, 5) is 16.4. The molecule has 0 spiro atoms. The number of hydrogen-bond acceptors (Lipinski definition) is 5. The average molecular weight is 510 g/mol. The van der Waals surface area contributed by atoms with Gasteiger partial charge in [-0.1, -0.05) is 18.2 Å². The third-order valence-corrected chi connectivity index (χ3v) is 7.17. The first-order valence-electron chi connectivity index (χ1n) is 10.00. The zero-order chi connectivity index (χ0) is 25.5. The molecule has 1 amide bonds. The zero-order valence-electron chi connectivity index (χ0n) is 17.7. The van der Waals surface area contributed by atoms with Crippen LogP contribution in [0.1, 0.15) is 29.7 Å². The molecule has 1 aliphatic carbocycles. The van der Waals surface area contributed by atoms with Crippen LogP contribution in [0.3, 0.4) is 0 Å². The van der Waals surface area contributed by atoms with E-state index in [9.17, 15) is 44.7 Å². The maximum absolute atomic E-state index is 13.0. The molecule has 0 atom stereocenters. The number of benzene rings is 1. The van der Waals surface area contributed by atoms with Gasteiger partial charge in [-0.05, 0) is 49.4 Å². The van der Waals surface area contributed by atoms with E-state index in [1.807, 2.05) is 0 Å². The Morgan fingerprint density at radius 3 is 2.06 bits per heavy atom. The highest BCUT2D eigenvalue weighted by atomic mass is 32.2. The smallest absolute Gasteiger partial charge is 0.369 e. The van der Waals surface area contributed by atoms with Crippen LogP contribution < -0.4 is 5.32 Å². The number of pyridine rings is 1. The number of anilines is 1. The summed E-state index contributed by atoms with van der Waals surface area (Å²) in [7, 11) is -3.54. The Morgan fingerprint density at radius 2 is 1.59 bits per heavy atom. The number of aliphatic hydroxyl groups is 1. The number of carbonyl (C=O) groups excluding carboxylic acids is 1. The molecule has 1 aromatic heterocycles. The quantitative estimate of drug-likeness (QED) is 0.548. The molecule has 186 valence electrons. The summed E-state index contributed by atoms with van der Waals surface area (Å²) in [5.41, 5.74) is -5.93. The highest BCUT2D eigenvalue weighted by Gasteiger charge is 2.71. The Morgan fingerprint density at radius 1 is 1.03 bits per heavy atom. The summed E-state index contributed by atoms with van der Waals surface area (Å²) in [6.07, 6.45) is -10.6. The fraction of sp³-hybridized carbons (Fsp3) is 0.429. The van der Waals surface area contributed by atoms with Gasteiger partial charge < -0.3 is 10.4 Å². The third-order valence-electron chi connectivity index (χ3n) is 5.40. The predicted molar refractivity (Wildman–Crippen MR) is 109 cm³/mol. The highest BCUT2D eigenvalue weighted by molar-refractivity contribution is 7.91. The largest absolute Gasteiger partial charge is 0.430 e. The lowest BCUT2D eigenvalue weighted by atomic mass is 9.92. The second-order valence-electron chi connectivity index (χ2n) is 8.13. The molecule has 0 radical (unpaired) electrons. The van der Waals surface area contributed by atoms with Crippen molar-refractivity contribution in [2.45, 2.75) is 49.2 Å². The number of nitrogens with one attached hydrogen (secondary N) is 1. The Labute approximate surface area is 190 Å². The Hall–Kier alpha value is -2.67.